The summed E-state index contributed by atoms with van der Waals surface area (Å²) in [5.74, 6) is -0.597. The van der Waals surface area contributed by atoms with Crippen LogP contribution in [0.15, 0.2) is 54.7 Å². The molecular formula is C16H10ClN2O2-. The number of aromatic nitrogens is 2. The van der Waals surface area contributed by atoms with Gasteiger partial charge < -0.3 is 9.90 Å². The Labute approximate surface area is 125 Å². The lowest BCUT2D eigenvalue weighted by Gasteiger charge is -2.02. The Bertz CT molecular complexity index is 852. The molecule has 3 aromatic rings. The topological polar surface area (TPSA) is 57.4 Å². The zero-order chi connectivity index (χ0) is 14.8. The molecule has 0 radical (unpaired) electrons. The van der Waals surface area contributed by atoms with Gasteiger partial charge >= 0.3 is 0 Å². The molecule has 0 aliphatic heterocycles. The second kappa shape index (κ2) is 5.42. The van der Waals surface area contributed by atoms with Crippen molar-refractivity contribution in [3.05, 3.63) is 65.5 Å². The Morgan fingerprint density at radius 3 is 2.71 bits per heavy atom. The van der Waals surface area contributed by atoms with Crippen LogP contribution in [0.1, 0.15) is 5.69 Å². The molecule has 2 aromatic heterocycles. The minimum atomic E-state index is -1.26. The van der Waals surface area contributed by atoms with Crippen molar-refractivity contribution in [1.29, 1.82) is 0 Å². The van der Waals surface area contributed by atoms with Crippen LogP contribution in [-0.4, -0.2) is 15.4 Å². The van der Waals surface area contributed by atoms with E-state index in [0.29, 0.717) is 16.5 Å². The summed E-state index contributed by atoms with van der Waals surface area (Å²) in [7, 11) is 0. The standard InChI is InChI=1S/C16H11ClN2O2/c17-12-6-2-1-5-11(12)16-18-13(8-9-15(20)21)14-7-3-4-10-19(14)16/h1-10H,(H,20,21)/p-1/b9-8+. The Kier molecular flexibility index (Phi) is 3.46. The van der Waals surface area contributed by atoms with E-state index >= 15 is 0 Å². The Hall–Kier alpha value is -2.59. The predicted molar refractivity (Wildman–Crippen MR) is 79.7 cm³/mol. The highest BCUT2D eigenvalue weighted by molar-refractivity contribution is 6.33. The molecule has 5 heteroatoms. The lowest BCUT2D eigenvalue weighted by molar-refractivity contribution is -0.297. The van der Waals surface area contributed by atoms with E-state index in [1.54, 1.807) is 6.07 Å². The SMILES string of the molecule is O=C([O-])/C=C/c1nc(-c2ccccc2Cl)n2ccccc12. The molecule has 0 unspecified atom stereocenters. The quantitative estimate of drug-likeness (QED) is 0.698. The summed E-state index contributed by atoms with van der Waals surface area (Å²) in [5.41, 5.74) is 2.13. The number of carbonyl (C=O) groups is 1. The molecule has 3 rings (SSSR count). The number of carboxylic acids is 1. The minimum Gasteiger partial charge on any atom is -0.545 e. The Balaban J connectivity index is 2.25. The molecule has 0 bridgehead atoms. The van der Waals surface area contributed by atoms with Crippen molar-refractivity contribution in [2.24, 2.45) is 0 Å². The van der Waals surface area contributed by atoms with Gasteiger partial charge in [-0.25, -0.2) is 4.98 Å². The van der Waals surface area contributed by atoms with Crippen LogP contribution in [0.4, 0.5) is 0 Å². The second-order valence-corrected chi connectivity index (χ2v) is 4.82. The van der Waals surface area contributed by atoms with Gasteiger partial charge in [0.2, 0.25) is 0 Å². The number of hydrogen-bond donors (Lipinski definition) is 0. The molecule has 0 fully saturated rings. The number of carboxylic acid groups (broad SMARTS) is 1. The van der Waals surface area contributed by atoms with Crippen LogP contribution in [0.2, 0.25) is 5.02 Å². The number of imidazole rings is 1. The average molecular weight is 298 g/mol. The van der Waals surface area contributed by atoms with Crippen molar-refractivity contribution < 1.29 is 9.90 Å². The molecule has 0 spiro atoms. The van der Waals surface area contributed by atoms with E-state index in [2.05, 4.69) is 4.98 Å². The summed E-state index contributed by atoms with van der Waals surface area (Å²) in [6, 6.07) is 13.0. The van der Waals surface area contributed by atoms with Gasteiger partial charge in [-0.05, 0) is 36.4 Å². The largest absolute Gasteiger partial charge is 0.545 e. The Morgan fingerprint density at radius 2 is 1.95 bits per heavy atom. The number of hydrogen-bond acceptors (Lipinski definition) is 3. The van der Waals surface area contributed by atoms with Gasteiger partial charge in [-0.15, -0.1) is 0 Å². The molecule has 4 nitrogen and oxygen atoms in total. The number of nitrogens with zero attached hydrogens (tertiary/aromatic N) is 2. The maximum atomic E-state index is 10.6. The zero-order valence-electron chi connectivity index (χ0n) is 10.9. The molecule has 0 aliphatic rings. The molecule has 104 valence electrons. The number of benzene rings is 1. The first kappa shape index (κ1) is 13.4. The van der Waals surface area contributed by atoms with Crippen LogP contribution in [-0.2, 0) is 4.79 Å². The fraction of sp³-hybridized carbons (Fsp3) is 0. The van der Waals surface area contributed by atoms with Crippen LogP contribution in [0.25, 0.3) is 23.0 Å². The van der Waals surface area contributed by atoms with E-state index < -0.39 is 5.97 Å². The first-order valence-corrected chi connectivity index (χ1v) is 6.65. The van der Waals surface area contributed by atoms with Crippen molar-refractivity contribution in [3.8, 4) is 11.4 Å². The lowest BCUT2D eigenvalue weighted by Crippen LogP contribution is -2.18. The van der Waals surface area contributed by atoms with Crippen molar-refractivity contribution in [3.63, 3.8) is 0 Å². The van der Waals surface area contributed by atoms with E-state index in [4.69, 9.17) is 11.6 Å². The number of aliphatic carboxylic acids is 1. The molecular weight excluding hydrogens is 288 g/mol. The number of carbonyl (C=O) groups excluding carboxylic acids is 1. The molecule has 21 heavy (non-hydrogen) atoms. The van der Waals surface area contributed by atoms with Crippen LogP contribution in [0.3, 0.4) is 0 Å². The summed E-state index contributed by atoms with van der Waals surface area (Å²) in [6.45, 7) is 0. The van der Waals surface area contributed by atoms with Gasteiger partial charge in [-0.1, -0.05) is 29.8 Å². The summed E-state index contributed by atoms with van der Waals surface area (Å²) in [4.78, 5) is 15.1. The maximum absolute atomic E-state index is 10.6. The first-order chi connectivity index (χ1) is 10.2. The molecule has 1 aromatic carbocycles. The molecule has 0 N–H and O–H groups in total. The summed E-state index contributed by atoms with van der Waals surface area (Å²) >= 11 is 6.22. The van der Waals surface area contributed by atoms with Crippen LogP contribution >= 0.6 is 11.6 Å². The van der Waals surface area contributed by atoms with Crippen molar-refractivity contribution in [2.75, 3.05) is 0 Å². The van der Waals surface area contributed by atoms with Crippen LogP contribution in [0, 0.1) is 0 Å². The monoisotopic (exact) mass is 297 g/mol. The number of fused-ring (bicyclic) bond motifs is 1. The molecule has 0 atom stereocenters. The molecule has 0 saturated carbocycles. The first-order valence-electron chi connectivity index (χ1n) is 6.28. The van der Waals surface area contributed by atoms with Crippen LogP contribution in [0.5, 0.6) is 0 Å². The van der Waals surface area contributed by atoms with E-state index in [0.717, 1.165) is 17.2 Å². The van der Waals surface area contributed by atoms with E-state index in [9.17, 15) is 9.90 Å². The van der Waals surface area contributed by atoms with Gasteiger partial charge in [-0.2, -0.15) is 0 Å². The number of halogens is 1. The fourth-order valence-electron chi connectivity index (χ4n) is 2.16. The lowest BCUT2D eigenvalue weighted by atomic mass is 10.2. The molecule has 0 saturated heterocycles. The highest BCUT2D eigenvalue weighted by atomic mass is 35.5. The van der Waals surface area contributed by atoms with Gasteiger partial charge in [0.25, 0.3) is 0 Å². The minimum absolute atomic E-state index is 0.551. The smallest absolute Gasteiger partial charge is 0.146 e. The van der Waals surface area contributed by atoms with Gasteiger partial charge in [0, 0.05) is 11.8 Å². The highest BCUT2D eigenvalue weighted by Crippen LogP contribution is 2.29. The van der Waals surface area contributed by atoms with Gasteiger partial charge in [0.15, 0.2) is 0 Å². The van der Waals surface area contributed by atoms with Crippen molar-refractivity contribution in [1.82, 2.24) is 9.38 Å². The number of rotatable bonds is 3. The maximum Gasteiger partial charge on any atom is 0.146 e. The van der Waals surface area contributed by atoms with E-state index in [1.807, 2.05) is 47.0 Å². The third-order valence-electron chi connectivity index (χ3n) is 3.07. The van der Waals surface area contributed by atoms with Crippen molar-refractivity contribution >= 4 is 29.2 Å². The van der Waals surface area contributed by atoms with Gasteiger partial charge in [0.1, 0.15) is 5.82 Å². The van der Waals surface area contributed by atoms with Crippen LogP contribution < -0.4 is 5.11 Å². The highest BCUT2D eigenvalue weighted by Gasteiger charge is 2.12. The summed E-state index contributed by atoms with van der Waals surface area (Å²) in [5, 5.41) is 11.2. The second-order valence-electron chi connectivity index (χ2n) is 4.41. The van der Waals surface area contributed by atoms with Gasteiger partial charge in [0.05, 0.1) is 22.2 Å². The molecule has 0 aliphatic carbocycles. The third kappa shape index (κ3) is 2.53. The average Bonchev–Trinajstić information content (AvgIpc) is 2.84. The fourth-order valence-corrected chi connectivity index (χ4v) is 2.38. The summed E-state index contributed by atoms with van der Waals surface area (Å²) < 4.78 is 1.87. The third-order valence-corrected chi connectivity index (χ3v) is 3.40. The zero-order valence-corrected chi connectivity index (χ0v) is 11.6. The van der Waals surface area contributed by atoms with E-state index in [1.165, 1.54) is 6.08 Å². The van der Waals surface area contributed by atoms with Gasteiger partial charge in [-0.3, -0.25) is 4.40 Å². The molecule has 2 heterocycles. The Morgan fingerprint density at radius 1 is 1.19 bits per heavy atom. The van der Waals surface area contributed by atoms with E-state index in [-0.39, 0.29) is 0 Å². The normalized spacial score (nSPS) is 11.3. The predicted octanol–water partition coefficient (Wildman–Crippen LogP) is 2.42. The summed E-state index contributed by atoms with van der Waals surface area (Å²) in [6.07, 6.45) is 4.24. The van der Waals surface area contributed by atoms with Crippen molar-refractivity contribution in [2.45, 2.75) is 0 Å². The molecule has 0 amide bonds. The number of pyridine rings is 1.